The van der Waals surface area contributed by atoms with Crippen molar-refractivity contribution >= 4 is 5.65 Å². The molecule has 4 rings (SSSR count). The van der Waals surface area contributed by atoms with Crippen LogP contribution in [0, 0.1) is 6.92 Å². The van der Waals surface area contributed by atoms with Crippen LogP contribution in [0.2, 0.25) is 0 Å². The molecule has 4 aromatic rings. The molecule has 24 heavy (non-hydrogen) atoms. The van der Waals surface area contributed by atoms with E-state index in [1.807, 2.05) is 22.7 Å². The second-order valence-electron chi connectivity index (χ2n) is 5.79. The number of fused-ring (bicyclic) bond motifs is 1. The molecule has 0 amide bonds. The second kappa shape index (κ2) is 5.88. The molecule has 0 aliphatic heterocycles. The predicted octanol–water partition coefficient (Wildman–Crippen LogP) is 3.24. The van der Waals surface area contributed by atoms with E-state index in [2.05, 4.69) is 58.5 Å². The van der Waals surface area contributed by atoms with Gasteiger partial charge in [-0.05, 0) is 24.6 Å². The first-order valence-electron chi connectivity index (χ1n) is 7.95. The van der Waals surface area contributed by atoms with Crippen molar-refractivity contribution in [3.63, 3.8) is 0 Å². The Kier molecular flexibility index (Phi) is 3.57. The number of benzene rings is 1. The van der Waals surface area contributed by atoms with E-state index in [0.29, 0.717) is 18.1 Å². The molecule has 3 aromatic heterocycles. The highest BCUT2D eigenvalue weighted by molar-refractivity contribution is 5.57. The Morgan fingerprint density at radius 1 is 1.04 bits per heavy atom. The predicted molar refractivity (Wildman–Crippen MR) is 89.6 cm³/mol. The zero-order valence-electron chi connectivity index (χ0n) is 13.6. The lowest BCUT2D eigenvalue weighted by atomic mass is 10.1. The number of hydrogen-bond donors (Lipinski definition) is 0. The minimum absolute atomic E-state index is 0.578. The summed E-state index contributed by atoms with van der Waals surface area (Å²) in [6.07, 6.45) is 3.40. The van der Waals surface area contributed by atoms with Crippen LogP contribution >= 0.6 is 0 Å². The summed E-state index contributed by atoms with van der Waals surface area (Å²) in [5.74, 6) is 2.10. The lowest BCUT2D eigenvalue weighted by Crippen LogP contribution is -1.94. The van der Waals surface area contributed by atoms with Crippen LogP contribution in [0.4, 0.5) is 0 Å². The number of pyridine rings is 1. The van der Waals surface area contributed by atoms with E-state index in [0.717, 1.165) is 29.0 Å². The zero-order chi connectivity index (χ0) is 16.5. The summed E-state index contributed by atoms with van der Waals surface area (Å²) in [5, 5.41) is 12.4. The lowest BCUT2D eigenvalue weighted by molar-refractivity contribution is 0.385. The first-order chi connectivity index (χ1) is 11.7. The fourth-order valence-electron chi connectivity index (χ4n) is 2.64. The molecule has 3 heterocycles. The van der Waals surface area contributed by atoms with Crippen molar-refractivity contribution < 1.29 is 4.52 Å². The van der Waals surface area contributed by atoms with Gasteiger partial charge in [0.05, 0.1) is 6.42 Å². The maximum Gasteiger partial charge on any atom is 0.231 e. The van der Waals surface area contributed by atoms with Crippen molar-refractivity contribution in [3.05, 3.63) is 65.4 Å². The fourth-order valence-corrected chi connectivity index (χ4v) is 2.64. The van der Waals surface area contributed by atoms with Crippen LogP contribution in [0.5, 0.6) is 0 Å². The molecular formula is C18H17N5O. The molecule has 0 bridgehead atoms. The van der Waals surface area contributed by atoms with Crippen LogP contribution in [0.1, 0.15) is 29.8 Å². The van der Waals surface area contributed by atoms with Gasteiger partial charge in [-0.25, -0.2) is 0 Å². The van der Waals surface area contributed by atoms with Gasteiger partial charge in [0.2, 0.25) is 11.7 Å². The average Bonchev–Trinajstić information content (AvgIpc) is 3.23. The van der Waals surface area contributed by atoms with Gasteiger partial charge in [0, 0.05) is 18.2 Å². The summed E-state index contributed by atoms with van der Waals surface area (Å²) in [6, 6.07) is 12.2. The van der Waals surface area contributed by atoms with E-state index in [1.54, 1.807) is 0 Å². The molecule has 0 radical (unpaired) electrons. The normalized spacial score (nSPS) is 11.2. The molecule has 0 fully saturated rings. The maximum absolute atomic E-state index is 5.40. The monoisotopic (exact) mass is 319 g/mol. The molecule has 120 valence electrons. The van der Waals surface area contributed by atoms with Crippen LogP contribution < -0.4 is 0 Å². The third-order valence-electron chi connectivity index (χ3n) is 3.99. The topological polar surface area (TPSA) is 69.1 Å². The smallest absolute Gasteiger partial charge is 0.231 e. The van der Waals surface area contributed by atoms with Gasteiger partial charge in [-0.15, -0.1) is 10.2 Å². The summed E-state index contributed by atoms with van der Waals surface area (Å²) in [7, 11) is 0. The van der Waals surface area contributed by atoms with Gasteiger partial charge in [-0.1, -0.05) is 41.9 Å². The van der Waals surface area contributed by atoms with Crippen LogP contribution in [-0.2, 0) is 12.8 Å². The zero-order valence-corrected chi connectivity index (χ0v) is 13.6. The standard InChI is InChI=1S/C18H17N5O/c1-3-15-20-21-16-9-8-14(11-23(15)16)18-19-17(24-22-18)10-13-6-4-12(2)5-7-13/h4-9,11H,3,10H2,1-2H3. The van der Waals surface area contributed by atoms with E-state index in [-0.39, 0.29) is 0 Å². The SMILES string of the molecule is CCc1nnc2ccc(-c3noc(Cc4ccc(C)cc4)n3)cn12. The molecule has 0 aliphatic carbocycles. The Hall–Kier alpha value is -3.02. The minimum atomic E-state index is 0.578. The van der Waals surface area contributed by atoms with Gasteiger partial charge in [0.1, 0.15) is 5.82 Å². The Labute approximate surface area is 139 Å². The maximum atomic E-state index is 5.40. The molecular weight excluding hydrogens is 302 g/mol. The van der Waals surface area contributed by atoms with E-state index >= 15 is 0 Å². The Morgan fingerprint density at radius 2 is 1.88 bits per heavy atom. The van der Waals surface area contributed by atoms with Crippen molar-refractivity contribution in [1.82, 2.24) is 24.7 Å². The second-order valence-corrected chi connectivity index (χ2v) is 5.79. The summed E-state index contributed by atoms with van der Waals surface area (Å²) in [4.78, 5) is 4.51. The summed E-state index contributed by atoms with van der Waals surface area (Å²) < 4.78 is 7.37. The third-order valence-corrected chi connectivity index (χ3v) is 3.99. The quantitative estimate of drug-likeness (QED) is 0.577. The van der Waals surface area contributed by atoms with Crippen molar-refractivity contribution in [1.29, 1.82) is 0 Å². The van der Waals surface area contributed by atoms with Gasteiger partial charge < -0.3 is 4.52 Å². The molecule has 0 saturated carbocycles. The highest BCUT2D eigenvalue weighted by atomic mass is 16.5. The largest absolute Gasteiger partial charge is 0.339 e. The van der Waals surface area contributed by atoms with Gasteiger partial charge in [-0.2, -0.15) is 4.98 Å². The molecule has 0 unspecified atom stereocenters. The van der Waals surface area contributed by atoms with E-state index < -0.39 is 0 Å². The van der Waals surface area contributed by atoms with Gasteiger partial charge in [0.25, 0.3) is 0 Å². The van der Waals surface area contributed by atoms with Crippen molar-refractivity contribution in [2.75, 3.05) is 0 Å². The first-order valence-corrected chi connectivity index (χ1v) is 7.95. The molecule has 0 N–H and O–H groups in total. The number of aromatic nitrogens is 5. The van der Waals surface area contributed by atoms with Crippen molar-refractivity contribution in [3.8, 4) is 11.4 Å². The Balaban J connectivity index is 1.63. The van der Waals surface area contributed by atoms with E-state index in [4.69, 9.17) is 4.52 Å². The number of rotatable bonds is 4. The molecule has 0 atom stereocenters. The number of hydrogen-bond acceptors (Lipinski definition) is 5. The van der Waals surface area contributed by atoms with Gasteiger partial charge >= 0.3 is 0 Å². The lowest BCUT2D eigenvalue weighted by Gasteiger charge is -1.99. The summed E-state index contributed by atoms with van der Waals surface area (Å²) in [6.45, 7) is 4.12. The number of nitrogens with zero attached hydrogens (tertiary/aromatic N) is 5. The summed E-state index contributed by atoms with van der Waals surface area (Å²) >= 11 is 0. The minimum Gasteiger partial charge on any atom is -0.339 e. The van der Waals surface area contributed by atoms with E-state index in [9.17, 15) is 0 Å². The van der Waals surface area contributed by atoms with Crippen LogP contribution in [0.15, 0.2) is 47.1 Å². The highest BCUT2D eigenvalue weighted by Gasteiger charge is 2.11. The molecule has 0 spiro atoms. The highest BCUT2D eigenvalue weighted by Crippen LogP contribution is 2.19. The van der Waals surface area contributed by atoms with Crippen LogP contribution in [0.25, 0.3) is 17.0 Å². The number of aryl methyl sites for hydroxylation is 2. The molecule has 0 aliphatic rings. The van der Waals surface area contributed by atoms with Gasteiger partial charge in [0.15, 0.2) is 5.65 Å². The van der Waals surface area contributed by atoms with Crippen LogP contribution in [-0.4, -0.2) is 24.7 Å². The Bertz CT molecular complexity index is 984. The third kappa shape index (κ3) is 2.67. The Morgan fingerprint density at radius 3 is 2.67 bits per heavy atom. The van der Waals surface area contributed by atoms with Crippen molar-refractivity contribution in [2.45, 2.75) is 26.7 Å². The molecule has 1 aromatic carbocycles. The molecule has 0 saturated heterocycles. The summed E-state index contributed by atoms with van der Waals surface area (Å²) in [5.41, 5.74) is 4.09. The molecule has 6 heteroatoms. The average molecular weight is 319 g/mol. The molecule has 6 nitrogen and oxygen atoms in total. The first kappa shape index (κ1) is 14.6. The fraction of sp³-hybridized carbons (Fsp3) is 0.222. The van der Waals surface area contributed by atoms with Crippen molar-refractivity contribution in [2.24, 2.45) is 0 Å². The van der Waals surface area contributed by atoms with Crippen LogP contribution in [0.3, 0.4) is 0 Å². The van der Waals surface area contributed by atoms with E-state index in [1.165, 1.54) is 5.56 Å². The van der Waals surface area contributed by atoms with Gasteiger partial charge in [-0.3, -0.25) is 4.40 Å².